The number of rotatable bonds is 30. The zero-order chi connectivity index (χ0) is 50.4. The van der Waals surface area contributed by atoms with Gasteiger partial charge in [-0.05, 0) is 83.1 Å². The summed E-state index contributed by atoms with van der Waals surface area (Å²) in [6, 6.07) is -7.52. The molecule has 0 aromatic heterocycles. The molecule has 25 heteroatoms. The fraction of sp³-hybridized carbons (Fsp3) is 0.762. The Morgan fingerprint density at radius 3 is 1.94 bits per heavy atom. The van der Waals surface area contributed by atoms with Crippen LogP contribution in [-0.2, 0) is 47.9 Å². The van der Waals surface area contributed by atoms with Gasteiger partial charge in [-0.15, -0.1) is 0 Å². The van der Waals surface area contributed by atoms with Gasteiger partial charge >= 0.3 is 5.97 Å². The van der Waals surface area contributed by atoms with Crippen molar-refractivity contribution in [3.63, 3.8) is 0 Å². The van der Waals surface area contributed by atoms with Crippen molar-refractivity contribution in [1.82, 2.24) is 52.8 Å². The van der Waals surface area contributed by atoms with Crippen molar-refractivity contribution < 1.29 is 63.3 Å². The minimum atomic E-state index is -1.47. The van der Waals surface area contributed by atoms with Gasteiger partial charge in [0.2, 0.25) is 53.2 Å². The first-order valence-corrected chi connectivity index (χ1v) is 22.9. The number of amides is 9. The lowest BCUT2D eigenvalue weighted by molar-refractivity contribution is -0.144. The lowest BCUT2D eigenvalue weighted by Gasteiger charge is -2.26. The van der Waals surface area contributed by atoms with Crippen molar-refractivity contribution in [2.75, 3.05) is 39.3 Å². The zero-order valence-electron chi connectivity index (χ0n) is 39.2. The van der Waals surface area contributed by atoms with E-state index in [4.69, 9.17) is 11.5 Å². The molecule has 0 saturated carbocycles. The van der Waals surface area contributed by atoms with Crippen LogP contribution in [-0.4, -0.2) is 173 Å². The average molecular weight is 955 g/mol. The Hall–Kier alpha value is -5.50. The van der Waals surface area contributed by atoms with Gasteiger partial charge in [-0.2, -0.15) is 0 Å². The highest BCUT2D eigenvalue weighted by molar-refractivity contribution is 5.96. The van der Waals surface area contributed by atoms with Crippen LogP contribution >= 0.6 is 0 Å². The molecule has 0 aromatic rings. The van der Waals surface area contributed by atoms with Crippen LogP contribution in [0.15, 0.2) is 0 Å². The number of nitrogens with two attached hydrogens (primary N) is 2. The average Bonchev–Trinajstić information content (AvgIpc) is 3.93. The van der Waals surface area contributed by atoms with Crippen molar-refractivity contribution >= 4 is 59.1 Å². The highest BCUT2D eigenvalue weighted by Crippen LogP contribution is 2.18. The predicted molar refractivity (Wildman–Crippen MR) is 240 cm³/mol. The molecule has 2 heterocycles. The molecule has 67 heavy (non-hydrogen) atoms. The Morgan fingerprint density at radius 2 is 1.36 bits per heavy atom. The number of carbonyl (C=O) groups excluding carboxylic acids is 9. The fourth-order valence-corrected chi connectivity index (χ4v) is 7.47. The third-order valence-corrected chi connectivity index (χ3v) is 11.0. The Bertz CT molecular complexity index is 1720. The van der Waals surface area contributed by atoms with Crippen molar-refractivity contribution in [3.8, 4) is 0 Å². The van der Waals surface area contributed by atoms with Gasteiger partial charge in [-0.25, -0.2) is 4.79 Å². The summed E-state index contributed by atoms with van der Waals surface area (Å²) in [5.74, 6) is -7.64. The predicted octanol–water partition coefficient (Wildman–Crippen LogP) is -5.14. The first-order chi connectivity index (χ1) is 31.5. The van der Waals surface area contributed by atoms with Gasteiger partial charge in [0, 0.05) is 19.5 Å². The van der Waals surface area contributed by atoms with Gasteiger partial charge in [0.25, 0.3) is 0 Å². The van der Waals surface area contributed by atoms with Gasteiger partial charge in [0.05, 0.1) is 37.8 Å². The second-order valence-electron chi connectivity index (χ2n) is 17.9. The number of primary amides is 1. The number of carboxylic acid groups (broad SMARTS) is 1. The minimum Gasteiger partial charge on any atom is -0.480 e. The second kappa shape index (κ2) is 29.3. The van der Waals surface area contributed by atoms with E-state index in [9.17, 15) is 63.3 Å². The van der Waals surface area contributed by atoms with Crippen LogP contribution < -0.4 is 59.3 Å². The van der Waals surface area contributed by atoms with Crippen molar-refractivity contribution in [1.29, 1.82) is 0 Å². The Morgan fingerprint density at radius 1 is 0.731 bits per heavy atom. The molecule has 2 aliphatic heterocycles. The quantitative estimate of drug-likeness (QED) is 0.0236. The molecule has 9 amide bonds. The van der Waals surface area contributed by atoms with Crippen molar-refractivity contribution in [2.45, 2.75) is 153 Å². The molecule has 2 rings (SSSR count). The molecule has 0 radical (unpaired) electrons. The van der Waals surface area contributed by atoms with Gasteiger partial charge in [0.1, 0.15) is 36.4 Å². The standard InChI is InChI=1S/C42H74N12O13/c1-22(2)15-29(53-39(63)26(11-12-32(44)56)50-33(57)19-46-37(61)28-17-25(55)18-45-28)38(62)47-20-34(58)51-30(16-23(3)4)40(64)49-24(5)36(60)48-21-35(59)54-14-8-10-31(54)41(65)52-27(42(66)67)9-6-7-13-43/h22-31,33,45,50,55,57H,6-21,43H2,1-5H3,(H2,44,56)(H,46,61)(H,47,62)(H,48,60)(H,49,64)(H,51,58)(H,52,65)(H,53,63)(H,66,67)/t24-,25-,26-,27-,28-,29-,30-,31-,33?/m1/s1. The summed E-state index contributed by atoms with van der Waals surface area (Å²) in [6.45, 7) is 7.91. The van der Waals surface area contributed by atoms with Gasteiger partial charge in [-0.1, -0.05) is 27.7 Å². The molecule has 0 aromatic carbocycles. The molecule has 25 nitrogen and oxygen atoms in total. The van der Waals surface area contributed by atoms with Crippen LogP contribution in [0.25, 0.3) is 0 Å². The highest BCUT2D eigenvalue weighted by Gasteiger charge is 2.37. The monoisotopic (exact) mass is 955 g/mol. The zero-order valence-corrected chi connectivity index (χ0v) is 39.2. The molecule has 1 unspecified atom stereocenters. The van der Waals surface area contributed by atoms with Crippen LogP contribution in [0.5, 0.6) is 0 Å². The first kappa shape index (κ1) is 57.6. The van der Waals surface area contributed by atoms with E-state index < -0.39 is 127 Å². The fourth-order valence-electron chi connectivity index (χ4n) is 7.47. The third kappa shape index (κ3) is 21.3. The maximum absolute atomic E-state index is 13.5. The lowest BCUT2D eigenvalue weighted by atomic mass is 10.0. The van der Waals surface area contributed by atoms with E-state index in [0.717, 1.165) is 0 Å². The molecule has 9 atom stereocenters. The molecule has 16 N–H and O–H groups in total. The normalized spacial score (nSPS) is 19.6. The summed E-state index contributed by atoms with van der Waals surface area (Å²) in [5.41, 5.74) is 10.8. The lowest BCUT2D eigenvalue weighted by Crippen LogP contribution is -2.57. The summed E-state index contributed by atoms with van der Waals surface area (Å²) in [7, 11) is 0. The summed E-state index contributed by atoms with van der Waals surface area (Å²) in [6.07, 6.45) is -0.131. The SMILES string of the molecule is CC(C)C[C@@H](NC(=O)CNC(=O)[C@@H](CC(C)C)NC(=O)[C@@H](CCC(N)=O)NC(O)CNC(=O)[C@H]1C[C@@H](O)CN1)C(=O)N[C@H](C)C(=O)NCC(=O)N1CCC[C@@H]1C(=O)N[C@H](CCCCN)C(=O)O. The second-order valence-corrected chi connectivity index (χ2v) is 17.9. The number of aliphatic carboxylic acids is 1. The topological polar surface area (TPSA) is 395 Å². The number of β-amino-alcohol motifs (C(OH)–C–C–N with tert-alkyl or cyclic N) is 1. The molecular formula is C42H74N12O13. The number of carboxylic acids is 1. The number of nitrogens with zero attached hydrogens (tertiary/aromatic N) is 1. The highest BCUT2D eigenvalue weighted by atomic mass is 16.4. The Kier molecular flexibility index (Phi) is 25.2. The van der Waals surface area contributed by atoms with Crippen LogP contribution in [0.1, 0.15) is 98.8 Å². The number of hydrogen-bond acceptors (Lipinski definition) is 15. The van der Waals surface area contributed by atoms with E-state index in [2.05, 4.69) is 47.9 Å². The number of carbonyl (C=O) groups is 10. The summed E-state index contributed by atoms with van der Waals surface area (Å²) in [4.78, 5) is 130. The van der Waals surface area contributed by atoms with Gasteiger partial charge < -0.3 is 74.2 Å². The molecule has 0 aliphatic carbocycles. The smallest absolute Gasteiger partial charge is 0.326 e. The van der Waals surface area contributed by atoms with Crippen LogP contribution in [0.2, 0.25) is 0 Å². The van der Waals surface area contributed by atoms with E-state index in [-0.39, 0.29) is 70.0 Å². The molecular weight excluding hydrogens is 881 g/mol. The number of nitrogens with one attached hydrogen (secondary N) is 9. The number of unbranched alkanes of at least 4 members (excludes halogenated alkanes) is 1. The Labute approximate surface area is 390 Å². The summed E-state index contributed by atoms with van der Waals surface area (Å²) in [5, 5.41) is 52.9. The number of aliphatic hydroxyl groups excluding tert-OH is 2. The van der Waals surface area contributed by atoms with E-state index in [1.54, 1.807) is 27.7 Å². The van der Waals surface area contributed by atoms with E-state index >= 15 is 0 Å². The number of likely N-dealkylation sites (tertiary alicyclic amines) is 1. The van der Waals surface area contributed by atoms with Crippen LogP contribution in [0.3, 0.4) is 0 Å². The summed E-state index contributed by atoms with van der Waals surface area (Å²) < 4.78 is 0. The van der Waals surface area contributed by atoms with Gasteiger partial charge in [-0.3, -0.25) is 48.5 Å². The minimum absolute atomic E-state index is 0.113. The Balaban J connectivity index is 1.97. The number of hydrogen-bond donors (Lipinski definition) is 14. The molecule has 2 fully saturated rings. The molecule has 2 aliphatic rings. The van der Waals surface area contributed by atoms with Gasteiger partial charge in [0.15, 0.2) is 0 Å². The molecule has 0 spiro atoms. The maximum atomic E-state index is 13.5. The third-order valence-electron chi connectivity index (χ3n) is 11.0. The van der Waals surface area contributed by atoms with Crippen LogP contribution in [0, 0.1) is 11.8 Å². The molecule has 380 valence electrons. The molecule has 2 saturated heterocycles. The largest absolute Gasteiger partial charge is 0.480 e. The number of aliphatic hydroxyl groups is 2. The molecule has 0 bridgehead atoms. The van der Waals surface area contributed by atoms with E-state index in [0.29, 0.717) is 32.2 Å². The summed E-state index contributed by atoms with van der Waals surface area (Å²) >= 11 is 0. The van der Waals surface area contributed by atoms with Crippen molar-refractivity contribution in [3.05, 3.63) is 0 Å². The van der Waals surface area contributed by atoms with Crippen LogP contribution in [0.4, 0.5) is 0 Å². The van der Waals surface area contributed by atoms with E-state index in [1.165, 1.54) is 11.8 Å². The van der Waals surface area contributed by atoms with Crippen molar-refractivity contribution in [2.24, 2.45) is 23.3 Å². The first-order valence-electron chi connectivity index (χ1n) is 22.9. The maximum Gasteiger partial charge on any atom is 0.326 e. The van der Waals surface area contributed by atoms with E-state index in [1.807, 2.05) is 0 Å².